The fraction of sp³-hybridized carbons (Fsp3) is 0.947. The Hall–Kier alpha value is -1.24. The predicted molar refractivity (Wildman–Crippen MR) is 181 cm³/mol. The third-order valence-electron chi connectivity index (χ3n) is 10.3. The molecule has 0 amide bonds. The second-order valence-corrected chi connectivity index (χ2v) is 13.6. The first-order valence-electron chi connectivity index (χ1n) is 18.9. The molecule has 4 nitrogen and oxygen atoms in total. The van der Waals surface area contributed by atoms with Crippen molar-refractivity contribution in [2.75, 3.05) is 13.1 Å². The maximum atomic E-state index is 10.3. The van der Waals surface area contributed by atoms with Crippen molar-refractivity contribution in [1.82, 2.24) is 0 Å². The van der Waals surface area contributed by atoms with Crippen molar-refractivity contribution in [2.24, 2.45) is 33.7 Å². The first-order valence-corrected chi connectivity index (χ1v) is 18.9. The number of aliphatic imine (C=N–C) groups is 2. The van der Waals surface area contributed by atoms with Gasteiger partial charge in [0.15, 0.2) is 0 Å². The van der Waals surface area contributed by atoms with E-state index in [1.54, 1.807) is 12.2 Å². The Labute approximate surface area is 261 Å². The van der Waals surface area contributed by atoms with Crippen LogP contribution in [0.5, 0.6) is 0 Å². The monoisotopic (exact) mass is 587 g/mol. The number of hydrogen-bond donors (Lipinski definition) is 0. The van der Waals surface area contributed by atoms with Gasteiger partial charge in [0.05, 0.1) is 13.1 Å². The minimum atomic E-state index is 0.654. The Bertz CT molecular complexity index is 683. The number of rotatable bonds is 30. The van der Waals surface area contributed by atoms with E-state index in [0.29, 0.717) is 13.1 Å². The fourth-order valence-corrected chi connectivity index (χ4v) is 7.84. The van der Waals surface area contributed by atoms with E-state index in [1.165, 1.54) is 167 Å². The third-order valence-corrected chi connectivity index (χ3v) is 10.3. The first kappa shape index (κ1) is 38.8. The van der Waals surface area contributed by atoms with E-state index in [-0.39, 0.29) is 0 Å². The molecule has 0 N–H and O–H groups in total. The molecule has 4 unspecified atom stereocenters. The van der Waals surface area contributed by atoms with Crippen molar-refractivity contribution in [3.8, 4) is 0 Å². The number of unbranched alkanes of at least 4 members (excludes halogenated alkanes) is 18. The first-order chi connectivity index (χ1) is 20.8. The van der Waals surface area contributed by atoms with E-state index in [9.17, 15) is 9.59 Å². The van der Waals surface area contributed by atoms with Crippen molar-refractivity contribution >= 4 is 12.2 Å². The van der Waals surface area contributed by atoms with Crippen LogP contribution in [-0.4, -0.2) is 25.2 Å². The normalized spacial score (nSPS) is 20.2. The summed E-state index contributed by atoms with van der Waals surface area (Å²) in [6.45, 7) is 5.97. The van der Waals surface area contributed by atoms with Gasteiger partial charge in [0.2, 0.25) is 12.2 Å². The van der Waals surface area contributed by atoms with Crippen molar-refractivity contribution < 1.29 is 9.59 Å². The molecule has 1 saturated carbocycles. The zero-order valence-electron chi connectivity index (χ0n) is 28.2. The molecule has 42 heavy (non-hydrogen) atoms. The SMILES string of the molecule is CCCCCCCCC1C(CCCCCC)CCC(CCCCCCCCN=C=O)C1CCCCCCCCN=C=O. The lowest BCUT2D eigenvalue weighted by atomic mass is 9.61. The molecule has 0 bridgehead atoms. The van der Waals surface area contributed by atoms with Crippen LogP contribution in [-0.2, 0) is 9.59 Å². The van der Waals surface area contributed by atoms with Crippen molar-refractivity contribution in [2.45, 2.75) is 194 Å². The molecule has 0 aromatic carbocycles. The summed E-state index contributed by atoms with van der Waals surface area (Å²) in [4.78, 5) is 27.9. The quantitative estimate of drug-likeness (QED) is 0.0477. The molecular weight excluding hydrogens is 516 g/mol. The summed E-state index contributed by atoms with van der Waals surface area (Å²) < 4.78 is 0. The van der Waals surface area contributed by atoms with Crippen LogP contribution >= 0.6 is 0 Å². The van der Waals surface area contributed by atoms with Crippen LogP contribution < -0.4 is 0 Å². The average Bonchev–Trinajstić information content (AvgIpc) is 3.00. The summed E-state index contributed by atoms with van der Waals surface area (Å²) in [5.74, 6) is 3.85. The summed E-state index contributed by atoms with van der Waals surface area (Å²) in [7, 11) is 0. The zero-order chi connectivity index (χ0) is 30.4. The third kappa shape index (κ3) is 20.6. The van der Waals surface area contributed by atoms with Crippen LogP contribution in [0.2, 0.25) is 0 Å². The zero-order valence-corrected chi connectivity index (χ0v) is 28.2. The van der Waals surface area contributed by atoms with Gasteiger partial charge in [-0.25, -0.2) is 19.6 Å². The second-order valence-electron chi connectivity index (χ2n) is 13.6. The summed E-state index contributed by atoms with van der Waals surface area (Å²) in [6.07, 6.45) is 41.6. The van der Waals surface area contributed by atoms with Gasteiger partial charge in [0.25, 0.3) is 0 Å². The molecule has 4 atom stereocenters. The highest BCUT2D eigenvalue weighted by Crippen LogP contribution is 2.47. The summed E-state index contributed by atoms with van der Waals surface area (Å²) in [5, 5.41) is 0. The van der Waals surface area contributed by atoms with Crippen LogP contribution in [0.3, 0.4) is 0 Å². The second kappa shape index (κ2) is 29.8. The predicted octanol–water partition coefficient (Wildman–Crippen LogP) is 12.1. The van der Waals surface area contributed by atoms with Gasteiger partial charge >= 0.3 is 0 Å². The van der Waals surface area contributed by atoms with Gasteiger partial charge in [-0.1, -0.05) is 155 Å². The highest BCUT2D eigenvalue weighted by molar-refractivity contribution is 5.32. The molecule has 0 heterocycles. The molecular formula is C38H70N2O2. The largest absolute Gasteiger partial charge is 0.234 e. The summed E-state index contributed by atoms with van der Waals surface area (Å²) >= 11 is 0. The minimum Gasteiger partial charge on any atom is -0.211 e. The van der Waals surface area contributed by atoms with Crippen molar-refractivity contribution in [1.29, 1.82) is 0 Å². The van der Waals surface area contributed by atoms with Crippen LogP contribution in [0.15, 0.2) is 9.98 Å². The lowest BCUT2D eigenvalue weighted by molar-refractivity contribution is 0.0581. The molecule has 1 rings (SSSR count). The number of hydrogen-bond acceptors (Lipinski definition) is 4. The smallest absolute Gasteiger partial charge is 0.211 e. The van der Waals surface area contributed by atoms with Crippen LogP contribution in [0, 0.1) is 23.7 Å². The molecule has 0 aromatic heterocycles. The standard InChI is InChI=1S/C38H70N2O2/c1-3-5-7-9-15-21-27-37-35(25-19-8-6-4-2)29-30-36(26-20-14-10-12-17-23-31-39-33-41)38(37)28-22-16-11-13-18-24-32-40-34-42/h35-38H,3-32H2,1-2H3. The van der Waals surface area contributed by atoms with Crippen LogP contribution in [0.4, 0.5) is 0 Å². The minimum absolute atomic E-state index is 0.654. The van der Waals surface area contributed by atoms with E-state index >= 15 is 0 Å². The summed E-state index contributed by atoms with van der Waals surface area (Å²) in [6, 6.07) is 0. The highest BCUT2D eigenvalue weighted by Gasteiger charge is 2.37. The maximum Gasteiger partial charge on any atom is 0.234 e. The molecule has 244 valence electrons. The van der Waals surface area contributed by atoms with E-state index < -0.39 is 0 Å². The molecule has 1 aliphatic rings. The maximum absolute atomic E-state index is 10.3. The summed E-state index contributed by atoms with van der Waals surface area (Å²) in [5.41, 5.74) is 0. The molecule has 0 saturated heterocycles. The number of nitrogens with zero attached hydrogens (tertiary/aromatic N) is 2. The van der Waals surface area contributed by atoms with Crippen molar-refractivity contribution in [3.63, 3.8) is 0 Å². The van der Waals surface area contributed by atoms with Gasteiger partial charge in [-0.2, -0.15) is 0 Å². The van der Waals surface area contributed by atoms with Gasteiger partial charge in [-0.3, -0.25) is 0 Å². The number of carbonyl (C=O) groups excluding carboxylic acids is 2. The van der Waals surface area contributed by atoms with E-state index in [0.717, 1.165) is 36.5 Å². The molecule has 1 fully saturated rings. The fourth-order valence-electron chi connectivity index (χ4n) is 7.84. The Kier molecular flexibility index (Phi) is 27.5. The topological polar surface area (TPSA) is 58.9 Å². The highest BCUT2D eigenvalue weighted by atomic mass is 16.1. The van der Waals surface area contributed by atoms with Gasteiger partial charge in [0, 0.05) is 0 Å². The van der Waals surface area contributed by atoms with Gasteiger partial charge < -0.3 is 0 Å². The molecule has 0 radical (unpaired) electrons. The van der Waals surface area contributed by atoms with Crippen molar-refractivity contribution in [3.05, 3.63) is 0 Å². The molecule has 1 aliphatic carbocycles. The van der Waals surface area contributed by atoms with Gasteiger partial charge in [-0.05, 0) is 62.2 Å². The average molecular weight is 587 g/mol. The van der Waals surface area contributed by atoms with E-state index in [1.807, 2.05) is 0 Å². The molecule has 0 aromatic rings. The lowest BCUT2D eigenvalue weighted by Crippen LogP contribution is -2.35. The lowest BCUT2D eigenvalue weighted by Gasteiger charge is -2.44. The molecule has 0 aliphatic heterocycles. The Morgan fingerprint density at radius 2 is 0.738 bits per heavy atom. The van der Waals surface area contributed by atoms with Gasteiger partial charge in [-0.15, -0.1) is 0 Å². The van der Waals surface area contributed by atoms with E-state index in [2.05, 4.69) is 23.8 Å². The Morgan fingerprint density at radius 3 is 1.12 bits per heavy atom. The number of isocyanates is 2. The molecule has 4 heteroatoms. The van der Waals surface area contributed by atoms with Crippen LogP contribution in [0.25, 0.3) is 0 Å². The molecule has 0 spiro atoms. The van der Waals surface area contributed by atoms with Gasteiger partial charge in [0.1, 0.15) is 0 Å². The van der Waals surface area contributed by atoms with Crippen LogP contribution in [0.1, 0.15) is 194 Å². The Morgan fingerprint density at radius 1 is 0.429 bits per heavy atom. The Balaban J connectivity index is 2.68. The van der Waals surface area contributed by atoms with E-state index in [4.69, 9.17) is 0 Å².